The number of nitrogens with one attached hydrogen (secondary N) is 1. The number of hydrogen-bond donors (Lipinski definition) is 1. The molecule has 1 fully saturated rings. The van der Waals surface area contributed by atoms with E-state index in [9.17, 15) is 10.1 Å². The molecule has 0 spiro atoms. The Kier molecular flexibility index (Phi) is 5.59. The first-order chi connectivity index (χ1) is 17.6. The summed E-state index contributed by atoms with van der Waals surface area (Å²) in [5, 5.41) is 21.2. The van der Waals surface area contributed by atoms with E-state index >= 15 is 0 Å². The molecule has 1 saturated carbocycles. The maximum absolute atomic E-state index is 13.4. The van der Waals surface area contributed by atoms with Gasteiger partial charge in [-0.3, -0.25) is 4.79 Å². The number of anilines is 1. The van der Waals surface area contributed by atoms with Gasteiger partial charge >= 0.3 is 0 Å². The van der Waals surface area contributed by atoms with Gasteiger partial charge < -0.3 is 14.8 Å². The van der Waals surface area contributed by atoms with Crippen molar-refractivity contribution in [3.8, 4) is 28.6 Å². The van der Waals surface area contributed by atoms with Gasteiger partial charge in [0.1, 0.15) is 6.33 Å². The molecule has 0 saturated heterocycles. The van der Waals surface area contributed by atoms with Crippen molar-refractivity contribution in [2.45, 2.75) is 25.9 Å². The monoisotopic (exact) mass is 474 g/mol. The van der Waals surface area contributed by atoms with Crippen molar-refractivity contribution < 1.29 is 4.79 Å². The fourth-order valence-corrected chi connectivity index (χ4v) is 4.83. The summed E-state index contributed by atoms with van der Waals surface area (Å²) in [6.07, 6.45) is 4.29. The molecule has 4 aromatic rings. The van der Waals surface area contributed by atoms with Crippen LogP contribution in [0.15, 0.2) is 67.0 Å². The Morgan fingerprint density at radius 2 is 1.94 bits per heavy atom. The number of hydrogen-bond acceptors (Lipinski definition) is 5. The minimum atomic E-state index is 0.0274. The highest BCUT2D eigenvalue weighted by molar-refractivity contribution is 6.10. The molecule has 7 nitrogen and oxygen atoms in total. The quantitative estimate of drug-likeness (QED) is 0.420. The normalized spacial score (nSPS) is 14.7. The zero-order chi connectivity index (χ0) is 24.6. The number of amides is 1. The smallest absolute Gasteiger partial charge is 0.258 e. The molecule has 1 aliphatic carbocycles. The highest BCUT2D eigenvalue weighted by Gasteiger charge is 2.29. The second-order valence-corrected chi connectivity index (χ2v) is 9.65. The topological polar surface area (TPSA) is 86.8 Å². The SMILES string of the molecule is Cn1cnnc1-c1cc(C#N)ccc1-c1cccc(N2Cc3ccc(CNCC4CC4)cc3C2=O)c1. The van der Waals surface area contributed by atoms with Crippen LogP contribution in [-0.2, 0) is 20.1 Å². The Morgan fingerprint density at radius 3 is 2.72 bits per heavy atom. The molecule has 0 unspecified atom stereocenters. The minimum Gasteiger partial charge on any atom is -0.317 e. The van der Waals surface area contributed by atoms with Crippen molar-refractivity contribution in [2.24, 2.45) is 13.0 Å². The predicted octanol–water partition coefficient (Wildman–Crippen LogP) is 4.68. The summed E-state index contributed by atoms with van der Waals surface area (Å²) in [6, 6.07) is 22.0. The third kappa shape index (κ3) is 4.16. The van der Waals surface area contributed by atoms with Crippen molar-refractivity contribution in [3.63, 3.8) is 0 Å². The van der Waals surface area contributed by atoms with Crippen LogP contribution in [0, 0.1) is 17.2 Å². The van der Waals surface area contributed by atoms with Crippen LogP contribution in [0.3, 0.4) is 0 Å². The molecule has 7 heteroatoms. The Labute approximate surface area is 210 Å². The van der Waals surface area contributed by atoms with E-state index in [4.69, 9.17) is 0 Å². The number of benzene rings is 3. The Morgan fingerprint density at radius 1 is 1.06 bits per heavy atom. The molecular weight excluding hydrogens is 448 g/mol. The van der Waals surface area contributed by atoms with E-state index in [-0.39, 0.29) is 5.91 Å². The molecule has 36 heavy (non-hydrogen) atoms. The molecule has 1 aromatic heterocycles. The van der Waals surface area contributed by atoms with Crippen LogP contribution in [0.4, 0.5) is 5.69 Å². The number of nitrogens with zero attached hydrogens (tertiary/aromatic N) is 5. The van der Waals surface area contributed by atoms with Gasteiger partial charge in [-0.15, -0.1) is 10.2 Å². The highest BCUT2D eigenvalue weighted by Crippen LogP contribution is 2.36. The molecule has 1 N–H and O–H groups in total. The Bertz CT molecular complexity index is 1510. The molecular formula is C29H26N6O. The molecule has 2 aliphatic rings. The van der Waals surface area contributed by atoms with Gasteiger partial charge in [-0.2, -0.15) is 5.26 Å². The second-order valence-electron chi connectivity index (χ2n) is 9.65. The fraction of sp³-hybridized carbons (Fsp3) is 0.241. The van der Waals surface area contributed by atoms with Gasteiger partial charge in [0.25, 0.3) is 5.91 Å². The summed E-state index contributed by atoms with van der Waals surface area (Å²) in [5.41, 5.74) is 7.08. The van der Waals surface area contributed by atoms with Crippen LogP contribution in [0.1, 0.15) is 39.9 Å². The molecule has 2 heterocycles. The number of rotatable bonds is 7. The van der Waals surface area contributed by atoms with Gasteiger partial charge in [0.15, 0.2) is 5.82 Å². The van der Waals surface area contributed by atoms with Gasteiger partial charge in [0.2, 0.25) is 0 Å². The van der Waals surface area contributed by atoms with E-state index in [0.717, 1.165) is 58.1 Å². The molecule has 0 bridgehead atoms. The standard InChI is InChI=1S/C29H26N6O/c1-34-18-32-33-28(34)27-11-20(14-30)8-10-25(27)22-3-2-4-24(13-22)35-17-23-9-7-21(12-26(23)29(35)36)16-31-15-19-5-6-19/h2-4,7-13,18-19,31H,5-6,15-17H2,1H3. The zero-order valence-corrected chi connectivity index (χ0v) is 20.1. The van der Waals surface area contributed by atoms with Gasteiger partial charge in [0.05, 0.1) is 18.2 Å². The van der Waals surface area contributed by atoms with Gasteiger partial charge in [-0.05, 0) is 77.9 Å². The third-order valence-corrected chi connectivity index (χ3v) is 7.01. The molecule has 178 valence electrons. The molecule has 0 radical (unpaired) electrons. The number of aromatic nitrogens is 3. The maximum Gasteiger partial charge on any atom is 0.258 e. The van der Waals surface area contributed by atoms with E-state index in [1.165, 1.54) is 12.8 Å². The Balaban J connectivity index is 1.30. The van der Waals surface area contributed by atoms with Gasteiger partial charge in [-0.1, -0.05) is 30.3 Å². The molecule has 1 aliphatic heterocycles. The molecule has 3 aromatic carbocycles. The summed E-state index contributed by atoms with van der Waals surface area (Å²) in [4.78, 5) is 15.3. The molecule has 0 atom stereocenters. The summed E-state index contributed by atoms with van der Waals surface area (Å²) in [7, 11) is 1.88. The summed E-state index contributed by atoms with van der Waals surface area (Å²) >= 11 is 0. The first-order valence-corrected chi connectivity index (χ1v) is 12.2. The van der Waals surface area contributed by atoms with E-state index in [1.54, 1.807) is 12.4 Å². The van der Waals surface area contributed by atoms with E-state index < -0.39 is 0 Å². The first-order valence-electron chi connectivity index (χ1n) is 12.2. The van der Waals surface area contributed by atoms with Gasteiger partial charge in [-0.25, -0.2) is 0 Å². The minimum absolute atomic E-state index is 0.0274. The largest absolute Gasteiger partial charge is 0.317 e. The maximum atomic E-state index is 13.4. The van der Waals surface area contributed by atoms with Crippen molar-refractivity contribution in [1.29, 1.82) is 5.26 Å². The summed E-state index contributed by atoms with van der Waals surface area (Å²) < 4.78 is 1.83. The van der Waals surface area contributed by atoms with Crippen molar-refractivity contribution in [1.82, 2.24) is 20.1 Å². The summed E-state index contributed by atoms with van der Waals surface area (Å²) in [5.74, 6) is 1.54. The van der Waals surface area contributed by atoms with Crippen LogP contribution in [0.2, 0.25) is 0 Å². The highest BCUT2D eigenvalue weighted by atomic mass is 16.2. The van der Waals surface area contributed by atoms with Crippen molar-refractivity contribution in [3.05, 3.63) is 89.2 Å². The van der Waals surface area contributed by atoms with Crippen LogP contribution in [0.25, 0.3) is 22.5 Å². The molecule has 6 rings (SSSR count). The van der Waals surface area contributed by atoms with Crippen LogP contribution < -0.4 is 10.2 Å². The lowest BCUT2D eigenvalue weighted by Gasteiger charge is -2.18. The van der Waals surface area contributed by atoms with Crippen LogP contribution in [0.5, 0.6) is 0 Å². The Hall–Kier alpha value is -4.28. The number of carbonyl (C=O) groups is 1. The summed E-state index contributed by atoms with van der Waals surface area (Å²) in [6.45, 7) is 2.39. The van der Waals surface area contributed by atoms with E-state index in [2.05, 4.69) is 33.7 Å². The lowest BCUT2D eigenvalue weighted by Crippen LogP contribution is -2.23. The van der Waals surface area contributed by atoms with Crippen molar-refractivity contribution in [2.75, 3.05) is 11.4 Å². The second kappa shape index (κ2) is 9.06. The number of aryl methyl sites for hydroxylation is 1. The lowest BCUT2D eigenvalue weighted by molar-refractivity contribution is 0.0996. The fourth-order valence-electron chi connectivity index (χ4n) is 4.83. The average Bonchev–Trinajstić information content (AvgIpc) is 3.54. The number of carbonyl (C=O) groups excluding carboxylic acids is 1. The molecule has 1 amide bonds. The zero-order valence-electron chi connectivity index (χ0n) is 20.1. The third-order valence-electron chi connectivity index (χ3n) is 7.01. The van der Waals surface area contributed by atoms with Crippen LogP contribution in [-0.4, -0.2) is 27.2 Å². The average molecular weight is 475 g/mol. The van der Waals surface area contributed by atoms with Gasteiger partial charge in [0, 0.05) is 30.4 Å². The number of fused-ring (bicyclic) bond motifs is 1. The number of nitriles is 1. The van der Waals surface area contributed by atoms with E-state index in [1.807, 2.05) is 59.0 Å². The lowest BCUT2D eigenvalue weighted by atomic mass is 9.96. The van der Waals surface area contributed by atoms with Crippen LogP contribution >= 0.6 is 0 Å². The van der Waals surface area contributed by atoms with Crippen molar-refractivity contribution >= 4 is 11.6 Å². The predicted molar refractivity (Wildman–Crippen MR) is 138 cm³/mol. The first kappa shape index (κ1) is 22.2. The van der Waals surface area contributed by atoms with E-state index in [0.29, 0.717) is 17.9 Å².